The minimum absolute atomic E-state index is 0.121. The first kappa shape index (κ1) is 14.6. The molecular weight excluding hydrogens is 250 g/mol. The van der Waals surface area contributed by atoms with E-state index in [1.54, 1.807) is 4.90 Å². The molecule has 0 aromatic heterocycles. The molecule has 0 spiro atoms. The van der Waals surface area contributed by atoms with E-state index in [0.717, 1.165) is 11.1 Å². The Morgan fingerprint density at radius 1 is 1.45 bits per heavy atom. The molecule has 1 fully saturated rings. The average Bonchev–Trinajstić information content (AvgIpc) is 3.29. The maximum atomic E-state index is 12.3. The molecule has 0 radical (unpaired) electrons. The number of rotatable bonds is 4. The topological polar surface area (TPSA) is 40.5 Å². The highest BCUT2D eigenvalue weighted by atomic mass is 16.2. The maximum absolute atomic E-state index is 12.3. The molecule has 1 aromatic carbocycles. The zero-order valence-corrected chi connectivity index (χ0v) is 12.1. The third-order valence-corrected chi connectivity index (χ3v) is 3.82. The Balaban J connectivity index is 2.07. The summed E-state index contributed by atoms with van der Waals surface area (Å²) in [5.41, 5.74) is 1.90. The number of carbonyl (C=O) groups excluding carboxylic acids is 1. The molecule has 1 saturated carbocycles. The van der Waals surface area contributed by atoms with Crippen molar-refractivity contribution in [3.63, 3.8) is 0 Å². The van der Waals surface area contributed by atoms with Crippen LogP contribution in [0.1, 0.15) is 30.9 Å². The van der Waals surface area contributed by atoms with E-state index in [2.05, 4.69) is 11.8 Å². The largest absolute Gasteiger partial charge is 0.384 e. The van der Waals surface area contributed by atoms with Gasteiger partial charge in [-0.15, -0.1) is 0 Å². The van der Waals surface area contributed by atoms with Gasteiger partial charge in [0.2, 0.25) is 5.91 Å². The van der Waals surface area contributed by atoms with Gasteiger partial charge in [-0.05, 0) is 30.4 Å². The van der Waals surface area contributed by atoms with Gasteiger partial charge in [0.1, 0.15) is 6.61 Å². The zero-order chi connectivity index (χ0) is 14.5. The third-order valence-electron chi connectivity index (χ3n) is 3.82. The van der Waals surface area contributed by atoms with E-state index in [1.807, 2.05) is 38.2 Å². The molecule has 106 valence electrons. The van der Waals surface area contributed by atoms with Crippen molar-refractivity contribution in [2.45, 2.75) is 26.3 Å². The average molecular weight is 271 g/mol. The van der Waals surface area contributed by atoms with Crippen LogP contribution in [-0.4, -0.2) is 29.6 Å². The van der Waals surface area contributed by atoms with Gasteiger partial charge in [0.25, 0.3) is 0 Å². The summed E-state index contributed by atoms with van der Waals surface area (Å²) in [6.45, 7) is 2.43. The van der Waals surface area contributed by atoms with E-state index in [0.29, 0.717) is 12.5 Å². The highest BCUT2D eigenvalue weighted by molar-refractivity contribution is 5.79. The van der Waals surface area contributed by atoms with Crippen LogP contribution in [0.15, 0.2) is 24.3 Å². The lowest BCUT2D eigenvalue weighted by Gasteiger charge is -2.22. The van der Waals surface area contributed by atoms with Crippen LogP contribution in [0, 0.1) is 23.7 Å². The van der Waals surface area contributed by atoms with Crippen molar-refractivity contribution >= 4 is 5.91 Å². The fourth-order valence-corrected chi connectivity index (χ4v) is 2.39. The summed E-state index contributed by atoms with van der Waals surface area (Å²) in [6, 6.07) is 7.76. The molecule has 2 rings (SSSR count). The van der Waals surface area contributed by atoms with Crippen molar-refractivity contribution in [3.8, 4) is 11.8 Å². The number of carbonyl (C=O) groups is 1. The Kier molecular flexibility index (Phi) is 4.81. The summed E-state index contributed by atoms with van der Waals surface area (Å²) in [5, 5.41) is 8.79. The van der Waals surface area contributed by atoms with E-state index < -0.39 is 0 Å². The highest BCUT2D eigenvalue weighted by Gasteiger charge is 2.34. The SMILES string of the molecule is CC(C(=O)N(C)Cc1ccccc1C#CCO)C1CC1. The van der Waals surface area contributed by atoms with E-state index in [-0.39, 0.29) is 18.4 Å². The number of amides is 1. The van der Waals surface area contributed by atoms with Crippen LogP contribution in [0.2, 0.25) is 0 Å². The van der Waals surface area contributed by atoms with Crippen molar-refractivity contribution in [1.82, 2.24) is 4.90 Å². The van der Waals surface area contributed by atoms with Crippen LogP contribution in [0.3, 0.4) is 0 Å². The zero-order valence-electron chi connectivity index (χ0n) is 12.1. The smallest absolute Gasteiger partial charge is 0.225 e. The van der Waals surface area contributed by atoms with Gasteiger partial charge in [-0.2, -0.15) is 0 Å². The highest BCUT2D eigenvalue weighted by Crippen LogP contribution is 2.37. The summed E-state index contributed by atoms with van der Waals surface area (Å²) < 4.78 is 0. The van der Waals surface area contributed by atoms with Gasteiger partial charge in [0, 0.05) is 25.1 Å². The van der Waals surface area contributed by atoms with Crippen LogP contribution in [-0.2, 0) is 11.3 Å². The van der Waals surface area contributed by atoms with Crippen molar-refractivity contribution < 1.29 is 9.90 Å². The second kappa shape index (κ2) is 6.58. The van der Waals surface area contributed by atoms with Crippen molar-refractivity contribution in [3.05, 3.63) is 35.4 Å². The number of aliphatic hydroxyl groups is 1. The molecular formula is C17H21NO2. The predicted octanol–water partition coefficient (Wildman–Crippen LogP) is 2.03. The lowest BCUT2D eigenvalue weighted by atomic mass is 10.0. The van der Waals surface area contributed by atoms with Gasteiger partial charge in [0.15, 0.2) is 0 Å². The molecule has 1 N–H and O–H groups in total. The Labute approximate surface area is 120 Å². The molecule has 20 heavy (non-hydrogen) atoms. The summed E-state index contributed by atoms with van der Waals surface area (Å²) in [6.07, 6.45) is 2.36. The molecule has 0 aliphatic heterocycles. The Morgan fingerprint density at radius 2 is 2.15 bits per heavy atom. The molecule has 1 aliphatic carbocycles. The molecule has 1 aromatic rings. The predicted molar refractivity (Wildman–Crippen MR) is 78.8 cm³/mol. The van der Waals surface area contributed by atoms with Crippen molar-refractivity contribution in [2.24, 2.45) is 11.8 Å². The molecule has 1 unspecified atom stereocenters. The van der Waals surface area contributed by atoms with E-state index in [9.17, 15) is 4.79 Å². The first-order valence-corrected chi connectivity index (χ1v) is 7.06. The van der Waals surface area contributed by atoms with Crippen molar-refractivity contribution in [2.75, 3.05) is 13.7 Å². The Bertz CT molecular complexity index is 537. The number of benzene rings is 1. The molecule has 3 heteroatoms. The normalized spacial score (nSPS) is 15.2. The minimum Gasteiger partial charge on any atom is -0.384 e. The van der Waals surface area contributed by atoms with Gasteiger partial charge >= 0.3 is 0 Å². The molecule has 3 nitrogen and oxygen atoms in total. The van der Waals surface area contributed by atoms with Gasteiger partial charge in [-0.3, -0.25) is 4.79 Å². The van der Waals surface area contributed by atoms with Crippen LogP contribution in [0.5, 0.6) is 0 Å². The standard InChI is InChI=1S/C17H21NO2/c1-13(14-9-10-14)17(20)18(2)12-16-7-4-3-6-15(16)8-5-11-19/h3-4,6-7,13-14,19H,9-12H2,1-2H3. The molecule has 0 bridgehead atoms. The first-order chi connectivity index (χ1) is 9.63. The van der Waals surface area contributed by atoms with Crippen LogP contribution in [0.25, 0.3) is 0 Å². The molecule has 1 amide bonds. The van der Waals surface area contributed by atoms with E-state index in [1.165, 1.54) is 12.8 Å². The number of hydrogen-bond donors (Lipinski definition) is 1. The molecule has 0 heterocycles. The van der Waals surface area contributed by atoms with Crippen LogP contribution in [0.4, 0.5) is 0 Å². The molecule has 1 atom stereocenters. The van der Waals surface area contributed by atoms with Gasteiger partial charge < -0.3 is 10.0 Å². The quantitative estimate of drug-likeness (QED) is 0.851. The summed E-state index contributed by atoms with van der Waals surface area (Å²) >= 11 is 0. The second-order valence-corrected chi connectivity index (χ2v) is 5.44. The Hall–Kier alpha value is -1.79. The van der Waals surface area contributed by atoms with E-state index >= 15 is 0 Å². The summed E-state index contributed by atoms with van der Waals surface area (Å²) in [7, 11) is 1.84. The monoisotopic (exact) mass is 271 g/mol. The maximum Gasteiger partial charge on any atom is 0.225 e. The van der Waals surface area contributed by atoms with Gasteiger partial charge in [-0.25, -0.2) is 0 Å². The summed E-state index contributed by atoms with van der Waals surface area (Å²) in [5.74, 6) is 6.50. The lowest BCUT2D eigenvalue weighted by Crippen LogP contribution is -2.32. The first-order valence-electron chi connectivity index (χ1n) is 7.06. The Morgan fingerprint density at radius 3 is 2.80 bits per heavy atom. The lowest BCUT2D eigenvalue weighted by molar-refractivity contribution is -0.134. The fourth-order valence-electron chi connectivity index (χ4n) is 2.39. The van der Waals surface area contributed by atoms with Crippen LogP contribution >= 0.6 is 0 Å². The van der Waals surface area contributed by atoms with Crippen LogP contribution < -0.4 is 0 Å². The number of nitrogens with zero attached hydrogens (tertiary/aromatic N) is 1. The van der Waals surface area contributed by atoms with Gasteiger partial charge in [-0.1, -0.05) is 37.0 Å². The van der Waals surface area contributed by atoms with E-state index in [4.69, 9.17) is 5.11 Å². The number of aliphatic hydroxyl groups excluding tert-OH is 1. The second-order valence-electron chi connectivity index (χ2n) is 5.44. The number of hydrogen-bond acceptors (Lipinski definition) is 2. The van der Waals surface area contributed by atoms with Crippen molar-refractivity contribution in [1.29, 1.82) is 0 Å². The minimum atomic E-state index is -0.151. The molecule has 1 aliphatic rings. The molecule has 0 saturated heterocycles. The fraction of sp³-hybridized carbons (Fsp3) is 0.471. The summed E-state index contributed by atoms with van der Waals surface area (Å²) in [4.78, 5) is 14.1. The third kappa shape index (κ3) is 3.61. The van der Waals surface area contributed by atoms with Gasteiger partial charge in [0.05, 0.1) is 0 Å².